The molecule has 0 amide bonds. The van der Waals surface area contributed by atoms with Crippen LogP contribution in [0.1, 0.15) is 70.9 Å². The van der Waals surface area contributed by atoms with Gasteiger partial charge in [-0.25, -0.2) is 0 Å². The van der Waals surface area contributed by atoms with Crippen molar-refractivity contribution in [1.29, 1.82) is 0 Å². The van der Waals surface area contributed by atoms with E-state index < -0.39 is 0 Å². The third-order valence-corrected chi connectivity index (χ3v) is 2.97. The van der Waals surface area contributed by atoms with Crippen LogP contribution in [0.4, 0.5) is 0 Å². The van der Waals surface area contributed by atoms with Crippen molar-refractivity contribution in [2.24, 2.45) is 0 Å². The molecule has 0 fully saturated rings. The highest BCUT2D eigenvalue weighted by molar-refractivity contribution is 5.23. The average Bonchev–Trinajstić information content (AvgIpc) is 2.41. The lowest BCUT2D eigenvalue weighted by Crippen LogP contribution is -1.88. The number of benzene rings is 1. The molecule has 0 aromatic heterocycles. The first-order chi connectivity index (χ1) is 8.36. The zero-order valence-electron chi connectivity index (χ0n) is 12.3. The van der Waals surface area contributed by atoms with Crippen molar-refractivity contribution in [3.05, 3.63) is 35.4 Å². The molecule has 0 aliphatic rings. The average molecular weight is 234 g/mol. The first-order valence-corrected chi connectivity index (χ1v) is 7.44. The van der Waals surface area contributed by atoms with Gasteiger partial charge in [0, 0.05) is 0 Å². The summed E-state index contributed by atoms with van der Waals surface area (Å²) >= 11 is 0. The number of aryl methyl sites for hydroxylation is 2. The van der Waals surface area contributed by atoms with Crippen molar-refractivity contribution in [2.45, 2.75) is 72.6 Å². The summed E-state index contributed by atoms with van der Waals surface area (Å²) in [5.41, 5.74) is 2.99. The second-order valence-corrected chi connectivity index (χ2v) is 4.34. The van der Waals surface area contributed by atoms with E-state index >= 15 is 0 Å². The Hall–Kier alpha value is -0.780. The van der Waals surface area contributed by atoms with Crippen molar-refractivity contribution in [3.8, 4) is 0 Å². The number of unbranched alkanes of at least 4 members (excludes halogenated alkanes) is 4. The predicted molar refractivity (Wildman–Crippen MR) is 79.6 cm³/mol. The molecule has 0 N–H and O–H groups in total. The van der Waals surface area contributed by atoms with E-state index in [1.54, 1.807) is 0 Å². The fraction of sp³-hybridized carbons (Fsp3) is 0.647. The molecule has 0 saturated carbocycles. The van der Waals surface area contributed by atoms with Gasteiger partial charge in [0.2, 0.25) is 0 Å². The minimum atomic E-state index is 1.16. The summed E-state index contributed by atoms with van der Waals surface area (Å²) in [4.78, 5) is 0. The van der Waals surface area contributed by atoms with Crippen molar-refractivity contribution in [3.63, 3.8) is 0 Å². The van der Waals surface area contributed by atoms with Gasteiger partial charge >= 0.3 is 0 Å². The van der Waals surface area contributed by atoms with Gasteiger partial charge in [0.15, 0.2) is 0 Å². The highest BCUT2D eigenvalue weighted by atomic mass is 14.0. The largest absolute Gasteiger partial charge is 0.0683 e. The normalized spacial score (nSPS) is 9.65. The van der Waals surface area contributed by atoms with Gasteiger partial charge in [-0.1, -0.05) is 77.6 Å². The molecule has 0 heteroatoms. The Kier molecular flexibility index (Phi) is 11.2. The summed E-state index contributed by atoms with van der Waals surface area (Å²) in [7, 11) is 0. The molecule has 0 radical (unpaired) electrons. The fourth-order valence-electron chi connectivity index (χ4n) is 1.94. The van der Waals surface area contributed by atoms with Crippen LogP contribution >= 0.6 is 0 Å². The Balaban J connectivity index is 0.00000121. The van der Waals surface area contributed by atoms with Crippen LogP contribution in [0.3, 0.4) is 0 Å². The molecule has 0 aliphatic heterocycles. The molecular weight excluding hydrogens is 204 g/mol. The molecule has 0 nitrogen and oxygen atoms in total. The molecule has 1 rings (SSSR count). The van der Waals surface area contributed by atoms with E-state index in [2.05, 4.69) is 38.1 Å². The van der Waals surface area contributed by atoms with Gasteiger partial charge in [-0.05, 0) is 30.4 Å². The van der Waals surface area contributed by atoms with Crippen molar-refractivity contribution in [1.82, 2.24) is 0 Å². The van der Waals surface area contributed by atoms with Gasteiger partial charge in [0.1, 0.15) is 0 Å². The van der Waals surface area contributed by atoms with Crippen LogP contribution in [0.2, 0.25) is 0 Å². The van der Waals surface area contributed by atoms with E-state index in [9.17, 15) is 0 Å². The van der Waals surface area contributed by atoms with Gasteiger partial charge < -0.3 is 0 Å². The Morgan fingerprint density at radius 2 is 1.47 bits per heavy atom. The minimum Gasteiger partial charge on any atom is -0.0683 e. The smallest absolute Gasteiger partial charge is 0.0279 e. The molecule has 17 heavy (non-hydrogen) atoms. The van der Waals surface area contributed by atoms with Gasteiger partial charge in [0.25, 0.3) is 0 Å². The molecule has 0 aliphatic carbocycles. The van der Waals surface area contributed by atoms with Gasteiger partial charge in [-0.2, -0.15) is 0 Å². The van der Waals surface area contributed by atoms with Crippen molar-refractivity contribution >= 4 is 0 Å². The Morgan fingerprint density at radius 1 is 0.824 bits per heavy atom. The van der Waals surface area contributed by atoms with Crippen LogP contribution in [0.15, 0.2) is 24.3 Å². The summed E-state index contributed by atoms with van der Waals surface area (Å²) in [5.74, 6) is 0. The molecular formula is C17H30. The molecule has 0 heterocycles. The summed E-state index contributed by atoms with van der Waals surface area (Å²) < 4.78 is 0. The Bertz CT molecular complexity index is 262. The first kappa shape index (κ1) is 16.2. The summed E-state index contributed by atoms with van der Waals surface area (Å²) in [6.07, 6.45) is 9.31. The molecule has 1 aromatic rings. The Morgan fingerprint density at radius 3 is 2.12 bits per heavy atom. The van der Waals surface area contributed by atoms with Crippen LogP contribution in [0.25, 0.3) is 0 Å². The second kappa shape index (κ2) is 11.7. The lowest BCUT2D eigenvalue weighted by atomic mass is 10.0. The molecule has 1 aromatic carbocycles. The maximum absolute atomic E-state index is 2.36. The standard InChI is InChI=1S/C15H24.C2H6/c1-3-5-6-7-8-10-15-12-9-11-14(4-2)13-15;1-2/h9,11-13H,3-8,10H2,1-2H3;1-2H3. The van der Waals surface area contributed by atoms with Gasteiger partial charge in [-0.15, -0.1) is 0 Å². The van der Waals surface area contributed by atoms with E-state index in [1.807, 2.05) is 13.8 Å². The highest BCUT2D eigenvalue weighted by Crippen LogP contribution is 2.11. The first-order valence-electron chi connectivity index (χ1n) is 7.44. The topological polar surface area (TPSA) is 0 Å². The molecule has 0 bridgehead atoms. The highest BCUT2D eigenvalue weighted by Gasteiger charge is 1.95. The van der Waals surface area contributed by atoms with Crippen LogP contribution in [-0.4, -0.2) is 0 Å². The predicted octanol–water partition coefficient (Wildman–Crippen LogP) is 5.79. The quantitative estimate of drug-likeness (QED) is 0.524. The zero-order valence-corrected chi connectivity index (χ0v) is 12.3. The SMILES string of the molecule is CC.CCCCCCCc1cccc(CC)c1. The van der Waals surface area contributed by atoms with Crippen molar-refractivity contribution < 1.29 is 0 Å². The van der Waals surface area contributed by atoms with Crippen LogP contribution in [0.5, 0.6) is 0 Å². The second-order valence-electron chi connectivity index (χ2n) is 4.34. The Labute approximate surface area is 108 Å². The molecule has 98 valence electrons. The minimum absolute atomic E-state index is 1.16. The monoisotopic (exact) mass is 234 g/mol. The van der Waals surface area contributed by atoms with Crippen LogP contribution < -0.4 is 0 Å². The van der Waals surface area contributed by atoms with Crippen LogP contribution in [0, 0.1) is 0 Å². The summed E-state index contributed by atoms with van der Waals surface area (Å²) in [6, 6.07) is 9.04. The third kappa shape index (κ3) is 8.01. The van der Waals surface area contributed by atoms with Gasteiger partial charge in [-0.3, -0.25) is 0 Å². The van der Waals surface area contributed by atoms with E-state index in [4.69, 9.17) is 0 Å². The van der Waals surface area contributed by atoms with E-state index in [0.29, 0.717) is 0 Å². The molecule has 0 saturated heterocycles. The zero-order chi connectivity index (χ0) is 12.9. The van der Waals surface area contributed by atoms with Crippen LogP contribution in [-0.2, 0) is 12.8 Å². The summed E-state index contributed by atoms with van der Waals surface area (Å²) in [5, 5.41) is 0. The maximum atomic E-state index is 2.36. The van der Waals surface area contributed by atoms with Crippen molar-refractivity contribution in [2.75, 3.05) is 0 Å². The molecule has 0 spiro atoms. The maximum Gasteiger partial charge on any atom is -0.0279 e. The van der Waals surface area contributed by atoms with E-state index in [0.717, 1.165) is 6.42 Å². The number of hydrogen-bond donors (Lipinski definition) is 0. The lowest BCUT2D eigenvalue weighted by molar-refractivity contribution is 0.632. The molecule has 0 unspecified atom stereocenters. The van der Waals surface area contributed by atoms with E-state index in [-0.39, 0.29) is 0 Å². The van der Waals surface area contributed by atoms with Gasteiger partial charge in [0.05, 0.1) is 0 Å². The number of hydrogen-bond acceptors (Lipinski definition) is 0. The summed E-state index contributed by atoms with van der Waals surface area (Å²) in [6.45, 7) is 8.49. The van der Waals surface area contributed by atoms with E-state index in [1.165, 1.54) is 49.7 Å². The lowest BCUT2D eigenvalue weighted by Gasteiger charge is -2.03. The fourth-order valence-corrected chi connectivity index (χ4v) is 1.94. The third-order valence-electron chi connectivity index (χ3n) is 2.97. The molecule has 0 atom stereocenters. The number of rotatable bonds is 7.